The van der Waals surface area contributed by atoms with Gasteiger partial charge >= 0.3 is 0 Å². The maximum atomic E-state index is 5.31. The van der Waals surface area contributed by atoms with Crippen LogP contribution in [0.3, 0.4) is 0 Å². The number of aromatic nitrogens is 2. The Morgan fingerprint density at radius 3 is 2.61 bits per heavy atom. The summed E-state index contributed by atoms with van der Waals surface area (Å²) < 4.78 is 1.89. The van der Waals surface area contributed by atoms with Crippen LogP contribution >= 0.6 is 12.2 Å². The van der Waals surface area contributed by atoms with E-state index in [0.717, 1.165) is 17.9 Å². The van der Waals surface area contributed by atoms with Crippen molar-refractivity contribution in [2.24, 2.45) is 0 Å². The first-order valence-electron chi connectivity index (χ1n) is 7.40. The van der Waals surface area contributed by atoms with Crippen molar-refractivity contribution >= 4 is 28.7 Å². The standard InChI is InChI=1S/C18H18N4S/c1-14-6-5-7-15(10-14)12-22-13-17(11-19-22)21-18(23)20-16-8-3-2-4-9-16/h2-11,13H,12H2,1H3,(H2,20,21,23). The second-order valence-corrected chi connectivity index (χ2v) is 5.77. The van der Waals surface area contributed by atoms with E-state index in [-0.39, 0.29) is 0 Å². The first-order chi connectivity index (χ1) is 11.2. The predicted octanol–water partition coefficient (Wildman–Crippen LogP) is 4.05. The number of hydrogen-bond acceptors (Lipinski definition) is 2. The van der Waals surface area contributed by atoms with Crippen molar-refractivity contribution in [1.29, 1.82) is 0 Å². The molecule has 4 nitrogen and oxygen atoms in total. The number of anilines is 2. The van der Waals surface area contributed by atoms with Crippen molar-refractivity contribution in [3.63, 3.8) is 0 Å². The Morgan fingerprint density at radius 2 is 1.83 bits per heavy atom. The molecule has 0 atom stereocenters. The third-order valence-electron chi connectivity index (χ3n) is 3.35. The van der Waals surface area contributed by atoms with E-state index in [9.17, 15) is 0 Å². The van der Waals surface area contributed by atoms with Crippen LogP contribution in [0.1, 0.15) is 11.1 Å². The molecule has 0 aliphatic carbocycles. The molecule has 116 valence electrons. The molecule has 3 rings (SSSR count). The van der Waals surface area contributed by atoms with Gasteiger partial charge in [0.25, 0.3) is 0 Å². The van der Waals surface area contributed by atoms with E-state index in [1.165, 1.54) is 11.1 Å². The van der Waals surface area contributed by atoms with Gasteiger partial charge in [0, 0.05) is 11.9 Å². The van der Waals surface area contributed by atoms with E-state index in [1.807, 2.05) is 41.2 Å². The van der Waals surface area contributed by atoms with Gasteiger partial charge in [-0.3, -0.25) is 4.68 Å². The summed E-state index contributed by atoms with van der Waals surface area (Å²) in [5.74, 6) is 0. The van der Waals surface area contributed by atoms with Gasteiger partial charge < -0.3 is 10.6 Å². The van der Waals surface area contributed by atoms with Crippen LogP contribution in [0.25, 0.3) is 0 Å². The minimum absolute atomic E-state index is 0.548. The SMILES string of the molecule is Cc1cccc(Cn2cc(NC(=S)Nc3ccccc3)cn2)c1. The van der Waals surface area contributed by atoms with Crippen molar-refractivity contribution in [2.75, 3.05) is 10.6 Å². The van der Waals surface area contributed by atoms with Gasteiger partial charge in [0.1, 0.15) is 0 Å². The molecule has 0 radical (unpaired) electrons. The normalized spacial score (nSPS) is 10.3. The van der Waals surface area contributed by atoms with Crippen molar-refractivity contribution in [2.45, 2.75) is 13.5 Å². The highest BCUT2D eigenvalue weighted by molar-refractivity contribution is 7.80. The summed E-state index contributed by atoms with van der Waals surface area (Å²) in [5.41, 5.74) is 4.30. The Bertz CT molecular complexity index is 796. The summed E-state index contributed by atoms with van der Waals surface area (Å²) >= 11 is 5.31. The number of rotatable bonds is 4. The molecule has 0 bridgehead atoms. The van der Waals surface area contributed by atoms with Gasteiger partial charge in [-0.2, -0.15) is 5.10 Å². The molecule has 0 amide bonds. The summed E-state index contributed by atoms with van der Waals surface area (Å²) in [5, 5.41) is 11.2. The third kappa shape index (κ3) is 4.40. The van der Waals surface area contributed by atoms with E-state index in [4.69, 9.17) is 12.2 Å². The maximum Gasteiger partial charge on any atom is 0.175 e. The van der Waals surface area contributed by atoms with E-state index >= 15 is 0 Å². The van der Waals surface area contributed by atoms with Gasteiger partial charge in [0.05, 0.1) is 18.4 Å². The number of thiocarbonyl (C=S) groups is 1. The predicted molar refractivity (Wildman–Crippen MR) is 98.8 cm³/mol. The molecule has 23 heavy (non-hydrogen) atoms. The largest absolute Gasteiger partial charge is 0.332 e. The Balaban J connectivity index is 1.60. The van der Waals surface area contributed by atoms with Crippen LogP contribution in [0.4, 0.5) is 11.4 Å². The van der Waals surface area contributed by atoms with Crippen LogP contribution < -0.4 is 10.6 Å². The smallest absolute Gasteiger partial charge is 0.175 e. The molecule has 0 fully saturated rings. The molecule has 0 spiro atoms. The number of benzene rings is 2. The van der Waals surface area contributed by atoms with Crippen LogP contribution in [-0.4, -0.2) is 14.9 Å². The molecule has 0 saturated heterocycles. The van der Waals surface area contributed by atoms with Crippen LogP contribution in [-0.2, 0) is 6.54 Å². The molecule has 0 aliphatic rings. The number of para-hydroxylation sites is 1. The monoisotopic (exact) mass is 322 g/mol. The Hall–Kier alpha value is -2.66. The minimum atomic E-state index is 0.548. The lowest BCUT2D eigenvalue weighted by Gasteiger charge is -2.08. The lowest BCUT2D eigenvalue weighted by molar-refractivity contribution is 0.686. The van der Waals surface area contributed by atoms with Gasteiger partial charge in [0.15, 0.2) is 5.11 Å². The third-order valence-corrected chi connectivity index (χ3v) is 3.55. The fourth-order valence-corrected chi connectivity index (χ4v) is 2.56. The number of nitrogens with zero attached hydrogens (tertiary/aromatic N) is 2. The average Bonchev–Trinajstić information content (AvgIpc) is 2.95. The lowest BCUT2D eigenvalue weighted by Crippen LogP contribution is -2.18. The van der Waals surface area contributed by atoms with Crippen LogP contribution in [0.5, 0.6) is 0 Å². The minimum Gasteiger partial charge on any atom is -0.332 e. The molecular weight excluding hydrogens is 304 g/mol. The molecule has 0 aliphatic heterocycles. The topological polar surface area (TPSA) is 41.9 Å². The Morgan fingerprint density at radius 1 is 1.04 bits per heavy atom. The summed E-state index contributed by atoms with van der Waals surface area (Å²) in [7, 11) is 0. The van der Waals surface area contributed by atoms with Gasteiger partial charge in [0.2, 0.25) is 0 Å². The molecule has 5 heteroatoms. The molecular formula is C18H18N4S. The van der Waals surface area contributed by atoms with Crippen LogP contribution in [0.2, 0.25) is 0 Å². The quantitative estimate of drug-likeness (QED) is 0.711. The molecule has 0 saturated carbocycles. The molecule has 1 heterocycles. The Kier molecular flexibility index (Phi) is 4.68. The summed E-state index contributed by atoms with van der Waals surface area (Å²) in [6, 6.07) is 18.2. The zero-order chi connectivity index (χ0) is 16.1. The second-order valence-electron chi connectivity index (χ2n) is 5.36. The van der Waals surface area contributed by atoms with E-state index in [2.05, 4.69) is 46.9 Å². The molecule has 1 aromatic heterocycles. The van der Waals surface area contributed by atoms with Crippen LogP contribution in [0, 0.1) is 6.92 Å². The second kappa shape index (κ2) is 7.07. The van der Waals surface area contributed by atoms with Gasteiger partial charge in [-0.15, -0.1) is 0 Å². The van der Waals surface area contributed by atoms with Gasteiger partial charge in [-0.25, -0.2) is 0 Å². The van der Waals surface area contributed by atoms with Crippen molar-refractivity contribution < 1.29 is 0 Å². The highest BCUT2D eigenvalue weighted by atomic mass is 32.1. The zero-order valence-electron chi connectivity index (χ0n) is 12.9. The molecule has 3 aromatic rings. The summed E-state index contributed by atoms with van der Waals surface area (Å²) in [6.45, 7) is 2.83. The lowest BCUT2D eigenvalue weighted by atomic mass is 10.1. The first kappa shape index (κ1) is 15.2. The van der Waals surface area contributed by atoms with Crippen molar-refractivity contribution in [1.82, 2.24) is 9.78 Å². The molecule has 2 N–H and O–H groups in total. The number of hydrogen-bond donors (Lipinski definition) is 2. The van der Waals surface area contributed by atoms with Gasteiger partial charge in [-0.1, -0.05) is 48.0 Å². The Labute approximate surface area is 141 Å². The number of aryl methyl sites for hydroxylation is 1. The average molecular weight is 322 g/mol. The molecule has 0 unspecified atom stereocenters. The molecule has 2 aromatic carbocycles. The van der Waals surface area contributed by atoms with Crippen LogP contribution in [0.15, 0.2) is 67.0 Å². The fraction of sp³-hybridized carbons (Fsp3) is 0.111. The fourth-order valence-electron chi connectivity index (χ4n) is 2.33. The summed E-state index contributed by atoms with van der Waals surface area (Å²) in [6.07, 6.45) is 3.72. The van der Waals surface area contributed by atoms with E-state index in [1.54, 1.807) is 6.20 Å². The highest BCUT2D eigenvalue weighted by Gasteiger charge is 2.03. The van der Waals surface area contributed by atoms with Crippen molar-refractivity contribution in [3.8, 4) is 0 Å². The van der Waals surface area contributed by atoms with Crippen molar-refractivity contribution in [3.05, 3.63) is 78.1 Å². The highest BCUT2D eigenvalue weighted by Crippen LogP contribution is 2.11. The zero-order valence-corrected chi connectivity index (χ0v) is 13.7. The van der Waals surface area contributed by atoms with E-state index < -0.39 is 0 Å². The van der Waals surface area contributed by atoms with Gasteiger partial charge in [-0.05, 0) is 36.8 Å². The number of nitrogens with one attached hydrogen (secondary N) is 2. The maximum absolute atomic E-state index is 5.31. The summed E-state index contributed by atoms with van der Waals surface area (Å²) in [4.78, 5) is 0. The first-order valence-corrected chi connectivity index (χ1v) is 7.81. The van der Waals surface area contributed by atoms with E-state index in [0.29, 0.717) is 5.11 Å².